The summed E-state index contributed by atoms with van der Waals surface area (Å²) in [4.78, 5) is 32.5. The lowest BCUT2D eigenvalue weighted by atomic mass is 10.2. The van der Waals surface area contributed by atoms with E-state index in [1.54, 1.807) is 6.07 Å². The lowest BCUT2D eigenvalue weighted by Gasteiger charge is -2.33. The van der Waals surface area contributed by atoms with E-state index >= 15 is 0 Å². The fourth-order valence-corrected chi connectivity index (χ4v) is 4.45. The Morgan fingerprint density at radius 1 is 1.16 bits per heavy atom. The van der Waals surface area contributed by atoms with Gasteiger partial charge in [-0.25, -0.2) is 15.0 Å². The third-order valence-electron chi connectivity index (χ3n) is 5.67. The maximum Gasteiger partial charge on any atom is 0.311 e. The summed E-state index contributed by atoms with van der Waals surface area (Å²) in [5.74, 6) is 0.781. The molecule has 0 amide bonds. The van der Waals surface area contributed by atoms with Crippen molar-refractivity contribution in [1.82, 2.24) is 35.0 Å². The van der Waals surface area contributed by atoms with Gasteiger partial charge in [0, 0.05) is 44.5 Å². The van der Waals surface area contributed by atoms with E-state index in [0.29, 0.717) is 28.3 Å². The van der Waals surface area contributed by atoms with Crippen LogP contribution in [0.5, 0.6) is 0 Å². The van der Waals surface area contributed by atoms with Crippen molar-refractivity contribution in [2.45, 2.75) is 17.8 Å². The summed E-state index contributed by atoms with van der Waals surface area (Å²) in [6, 6.07) is 6.81. The molecule has 0 atom stereocenters. The Hall–Kier alpha value is -3.91. The Bertz CT molecular complexity index is 1420. The molecule has 4 aromatic heterocycles. The predicted molar refractivity (Wildman–Crippen MR) is 132 cm³/mol. The molecule has 1 fully saturated rings. The normalized spacial score (nSPS) is 14.2. The van der Waals surface area contributed by atoms with Gasteiger partial charge < -0.3 is 19.5 Å². The molecule has 5 rings (SSSR count). The number of anilines is 3. The second-order valence-corrected chi connectivity index (χ2v) is 9.40. The van der Waals surface area contributed by atoms with Crippen LogP contribution < -0.4 is 10.2 Å². The average molecular weight is 528 g/mol. The molecule has 1 saturated heterocycles. The second kappa shape index (κ2) is 10.6. The van der Waals surface area contributed by atoms with Gasteiger partial charge in [-0.15, -0.1) is 0 Å². The molecule has 0 radical (unpaired) electrons. The smallest absolute Gasteiger partial charge is 0.311 e. The number of carbonyl (C=O) groups is 1. The number of carbonyl (C=O) groups excluding carboxylic acids is 1. The number of thioether (sulfide) groups is 1. The molecule has 37 heavy (non-hydrogen) atoms. The van der Waals surface area contributed by atoms with Crippen molar-refractivity contribution in [3.05, 3.63) is 65.3 Å². The Kier molecular flexibility index (Phi) is 7.10. The van der Waals surface area contributed by atoms with Crippen LogP contribution in [0.1, 0.15) is 27.6 Å². The zero-order valence-corrected chi connectivity index (χ0v) is 20.8. The minimum atomic E-state index is -1.25. The quantitative estimate of drug-likeness (QED) is 0.152. The van der Waals surface area contributed by atoms with Gasteiger partial charge in [0.25, 0.3) is 0 Å². The number of halogens is 2. The number of hydrogen-bond acceptors (Lipinski definition) is 11. The first kappa shape index (κ1) is 24.8. The van der Waals surface area contributed by atoms with Crippen LogP contribution in [-0.2, 0) is 5.75 Å². The molecule has 0 saturated carbocycles. The highest BCUT2D eigenvalue weighted by Gasteiger charge is 2.21. The first-order valence-electron chi connectivity index (χ1n) is 11.4. The lowest BCUT2D eigenvalue weighted by Crippen LogP contribution is -2.44. The number of furan rings is 1. The molecule has 0 spiro atoms. The number of aryl methyl sites for hydroxylation is 1. The molecule has 14 heteroatoms. The largest absolute Gasteiger partial charge is 0.457 e. The van der Waals surface area contributed by atoms with Crippen LogP contribution >= 0.6 is 11.8 Å². The molecule has 4 aromatic rings. The minimum absolute atomic E-state index is 0.103. The molecular weight excluding hydrogens is 504 g/mol. The first-order chi connectivity index (χ1) is 17.8. The summed E-state index contributed by atoms with van der Waals surface area (Å²) in [7, 11) is 2.09. The number of H-pyrrole nitrogens is 1. The van der Waals surface area contributed by atoms with Crippen LogP contribution in [0.15, 0.2) is 40.0 Å². The Morgan fingerprint density at radius 2 is 1.97 bits per heavy atom. The molecular formula is C23H23F2N9O2S. The summed E-state index contributed by atoms with van der Waals surface area (Å²) >= 11 is 1.33. The first-order valence-corrected chi connectivity index (χ1v) is 12.4. The molecule has 0 aromatic carbocycles. The van der Waals surface area contributed by atoms with Gasteiger partial charge in [-0.05, 0) is 26.1 Å². The highest BCUT2D eigenvalue weighted by Crippen LogP contribution is 2.27. The summed E-state index contributed by atoms with van der Waals surface area (Å²) in [6.45, 7) is 5.43. The highest BCUT2D eigenvalue weighted by molar-refractivity contribution is 7.98. The number of aromatic amines is 1. The van der Waals surface area contributed by atoms with Gasteiger partial charge in [-0.1, -0.05) is 11.8 Å². The molecule has 2 N–H and O–H groups in total. The van der Waals surface area contributed by atoms with Gasteiger partial charge in [0.2, 0.25) is 11.7 Å². The standard InChI is InChI=1S/C23H23F2N9O2S/c1-13-9-18(32-31-13)27-17-10-19(34-7-5-33(2)6-8-34)29-23(28-17)37-12-14-3-4-16(36-14)20(35)15-11-26-22(25)30-21(15)24/h3-4,9-11H,5-8,12H2,1-2H3,(H2,27,28,29,31,32). The van der Waals surface area contributed by atoms with E-state index in [9.17, 15) is 13.6 Å². The van der Waals surface area contributed by atoms with Gasteiger partial charge in [0.15, 0.2) is 10.9 Å². The van der Waals surface area contributed by atoms with E-state index < -0.39 is 23.4 Å². The van der Waals surface area contributed by atoms with E-state index in [4.69, 9.17) is 9.40 Å². The van der Waals surface area contributed by atoms with E-state index in [1.165, 1.54) is 17.8 Å². The van der Waals surface area contributed by atoms with Gasteiger partial charge in [-0.3, -0.25) is 9.89 Å². The topological polar surface area (TPSA) is 129 Å². The van der Waals surface area contributed by atoms with Crippen LogP contribution in [0.2, 0.25) is 0 Å². The number of nitrogens with one attached hydrogen (secondary N) is 2. The summed E-state index contributed by atoms with van der Waals surface area (Å²) < 4.78 is 32.5. The van der Waals surface area contributed by atoms with Gasteiger partial charge in [0.1, 0.15) is 23.2 Å². The van der Waals surface area contributed by atoms with Crippen LogP contribution in [0.4, 0.5) is 26.2 Å². The number of hydrogen-bond donors (Lipinski definition) is 2. The van der Waals surface area contributed by atoms with Crippen LogP contribution in [0.3, 0.4) is 0 Å². The summed E-state index contributed by atoms with van der Waals surface area (Å²) in [6.07, 6.45) is -0.453. The zero-order valence-electron chi connectivity index (χ0n) is 20.0. The Labute approximate surface area is 214 Å². The molecule has 11 nitrogen and oxygen atoms in total. The number of ketones is 1. The van der Waals surface area contributed by atoms with Crippen LogP contribution in [-0.4, -0.2) is 74.0 Å². The lowest BCUT2D eigenvalue weighted by molar-refractivity contribution is 0.100. The zero-order chi connectivity index (χ0) is 25.9. The van der Waals surface area contributed by atoms with Crippen molar-refractivity contribution in [3.8, 4) is 0 Å². The number of piperazine rings is 1. The Balaban J connectivity index is 1.33. The molecule has 192 valence electrons. The predicted octanol–water partition coefficient (Wildman–Crippen LogP) is 3.19. The van der Waals surface area contributed by atoms with Crippen molar-refractivity contribution >= 4 is 35.0 Å². The van der Waals surface area contributed by atoms with Crippen molar-refractivity contribution in [3.63, 3.8) is 0 Å². The number of likely N-dealkylation sites (N-methyl/N-ethyl adjacent to an activating group) is 1. The maximum absolute atomic E-state index is 13.9. The fourth-order valence-electron chi connectivity index (χ4n) is 3.70. The monoisotopic (exact) mass is 527 g/mol. The Morgan fingerprint density at radius 3 is 2.70 bits per heavy atom. The van der Waals surface area contributed by atoms with E-state index in [-0.39, 0.29) is 5.76 Å². The molecule has 1 aliphatic heterocycles. The van der Waals surface area contributed by atoms with Gasteiger partial charge in [0.05, 0.1) is 17.0 Å². The third kappa shape index (κ3) is 5.91. The number of aromatic nitrogens is 6. The second-order valence-electron chi connectivity index (χ2n) is 8.46. The molecule has 0 bridgehead atoms. The third-order valence-corrected chi connectivity index (χ3v) is 6.54. The maximum atomic E-state index is 13.9. The SMILES string of the molecule is Cc1cc(Nc2cc(N3CCN(C)CC3)nc(SCc3ccc(C(=O)c4cnc(F)nc4F)o3)n2)[nH]n1. The minimum Gasteiger partial charge on any atom is -0.457 e. The average Bonchev–Trinajstić information content (AvgIpc) is 3.51. The number of nitrogens with zero attached hydrogens (tertiary/aromatic N) is 7. The molecule has 1 aliphatic rings. The van der Waals surface area contributed by atoms with E-state index in [2.05, 4.69) is 47.3 Å². The number of rotatable bonds is 8. The molecule has 5 heterocycles. The van der Waals surface area contributed by atoms with Crippen LogP contribution in [0, 0.1) is 18.9 Å². The highest BCUT2D eigenvalue weighted by atomic mass is 32.2. The van der Waals surface area contributed by atoms with Gasteiger partial charge >= 0.3 is 6.08 Å². The van der Waals surface area contributed by atoms with E-state index in [0.717, 1.165) is 43.9 Å². The summed E-state index contributed by atoms with van der Waals surface area (Å²) in [5.41, 5.74) is 0.378. The van der Waals surface area contributed by atoms with Gasteiger partial charge in [-0.2, -0.15) is 18.9 Å². The van der Waals surface area contributed by atoms with Crippen molar-refractivity contribution in [2.75, 3.05) is 43.4 Å². The van der Waals surface area contributed by atoms with Crippen molar-refractivity contribution < 1.29 is 18.0 Å². The van der Waals surface area contributed by atoms with Crippen molar-refractivity contribution in [2.24, 2.45) is 0 Å². The van der Waals surface area contributed by atoms with E-state index in [1.807, 2.05) is 19.1 Å². The molecule has 0 unspecified atom stereocenters. The van der Waals surface area contributed by atoms with Crippen LogP contribution in [0.25, 0.3) is 0 Å². The fraction of sp³-hybridized carbons (Fsp3) is 0.304. The van der Waals surface area contributed by atoms with Crippen molar-refractivity contribution in [1.29, 1.82) is 0 Å². The molecule has 0 aliphatic carbocycles. The summed E-state index contributed by atoms with van der Waals surface area (Å²) in [5, 5.41) is 10.8.